The van der Waals surface area contributed by atoms with Gasteiger partial charge in [0.15, 0.2) is 11.5 Å². The van der Waals surface area contributed by atoms with Crippen molar-refractivity contribution in [3.05, 3.63) is 30.6 Å². The lowest BCUT2D eigenvalue weighted by atomic mass is 10.2. The minimum absolute atomic E-state index is 0.742. The molecule has 21 heavy (non-hydrogen) atoms. The third-order valence-electron chi connectivity index (χ3n) is 4.13. The Labute approximate surface area is 122 Å². The zero-order chi connectivity index (χ0) is 14.4. The average molecular weight is 282 g/mol. The number of nitrogens with zero attached hydrogens (tertiary/aromatic N) is 5. The van der Waals surface area contributed by atoms with Gasteiger partial charge in [0.25, 0.3) is 0 Å². The summed E-state index contributed by atoms with van der Waals surface area (Å²) in [7, 11) is 2.15. The number of nitrogen functional groups attached to an aromatic ring is 1. The molecule has 6 nitrogen and oxygen atoms in total. The molecule has 0 aliphatic carbocycles. The van der Waals surface area contributed by atoms with Crippen molar-refractivity contribution in [1.82, 2.24) is 19.3 Å². The predicted octanol–water partition coefficient (Wildman–Crippen LogP) is 1.22. The predicted molar refractivity (Wildman–Crippen MR) is 84.6 cm³/mol. The zero-order valence-corrected chi connectivity index (χ0v) is 12.0. The number of nitrogens with two attached hydrogens (primary N) is 1. The van der Waals surface area contributed by atoms with Crippen molar-refractivity contribution in [2.75, 3.05) is 43.9 Å². The number of hydrogen-bond donors (Lipinski definition) is 1. The fourth-order valence-corrected chi connectivity index (χ4v) is 2.89. The molecule has 0 unspecified atom stereocenters. The minimum Gasteiger partial charge on any atom is -0.399 e. The molecule has 1 saturated heterocycles. The van der Waals surface area contributed by atoms with E-state index in [9.17, 15) is 0 Å². The Kier molecular flexibility index (Phi) is 2.71. The summed E-state index contributed by atoms with van der Waals surface area (Å²) in [5.41, 5.74) is 9.49. The van der Waals surface area contributed by atoms with Gasteiger partial charge < -0.3 is 15.5 Å². The monoisotopic (exact) mass is 282 g/mol. The molecule has 6 heteroatoms. The van der Waals surface area contributed by atoms with Crippen LogP contribution < -0.4 is 10.6 Å². The molecule has 2 N–H and O–H groups in total. The van der Waals surface area contributed by atoms with Gasteiger partial charge in [-0.25, -0.2) is 9.97 Å². The van der Waals surface area contributed by atoms with Gasteiger partial charge >= 0.3 is 0 Å². The van der Waals surface area contributed by atoms with Crippen molar-refractivity contribution < 1.29 is 0 Å². The third kappa shape index (κ3) is 1.99. The lowest BCUT2D eigenvalue weighted by Crippen LogP contribution is -2.45. The highest BCUT2D eigenvalue weighted by Crippen LogP contribution is 2.25. The first kappa shape index (κ1) is 12.4. The summed E-state index contributed by atoms with van der Waals surface area (Å²) in [6.07, 6.45) is 3.79. The summed E-state index contributed by atoms with van der Waals surface area (Å²) in [5.74, 6) is 0.963. The van der Waals surface area contributed by atoms with Crippen LogP contribution in [0.25, 0.3) is 16.7 Å². The van der Waals surface area contributed by atoms with Crippen molar-refractivity contribution in [3.8, 4) is 0 Å². The summed E-state index contributed by atoms with van der Waals surface area (Å²) in [6.45, 7) is 4.06. The van der Waals surface area contributed by atoms with E-state index in [4.69, 9.17) is 10.7 Å². The lowest BCUT2D eigenvalue weighted by molar-refractivity contribution is 0.312. The van der Waals surface area contributed by atoms with E-state index in [2.05, 4.69) is 26.2 Å². The van der Waals surface area contributed by atoms with Gasteiger partial charge in [-0.3, -0.25) is 4.40 Å². The van der Waals surface area contributed by atoms with Crippen LogP contribution in [0.5, 0.6) is 0 Å². The first-order chi connectivity index (χ1) is 10.2. The first-order valence-corrected chi connectivity index (χ1v) is 7.18. The molecule has 0 amide bonds. The number of fused-ring (bicyclic) bond motifs is 3. The Hall–Kier alpha value is -2.34. The third-order valence-corrected chi connectivity index (χ3v) is 4.13. The van der Waals surface area contributed by atoms with Gasteiger partial charge in [0, 0.05) is 44.3 Å². The number of rotatable bonds is 1. The molecule has 4 rings (SSSR count). The second kappa shape index (κ2) is 4.60. The van der Waals surface area contributed by atoms with Crippen LogP contribution in [0.15, 0.2) is 30.6 Å². The number of likely N-dealkylation sites (N-methyl/N-ethyl adjacent to an activating group) is 1. The molecule has 1 aliphatic rings. The van der Waals surface area contributed by atoms with Crippen molar-refractivity contribution in [1.29, 1.82) is 0 Å². The Morgan fingerprint density at radius 2 is 1.95 bits per heavy atom. The second-order valence-electron chi connectivity index (χ2n) is 5.59. The van der Waals surface area contributed by atoms with Crippen LogP contribution in [0.4, 0.5) is 11.5 Å². The van der Waals surface area contributed by atoms with E-state index in [1.807, 2.05) is 30.6 Å². The molecular formula is C15H18N6. The van der Waals surface area contributed by atoms with E-state index in [1.54, 1.807) is 0 Å². The van der Waals surface area contributed by atoms with Gasteiger partial charge in [-0.15, -0.1) is 0 Å². The van der Waals surface area contributed by atoms with Crippen molar-refractivity contribution >= 4 is 28.2 Å². The lowest BCUT2D eigenvalue weighted by Gasteiger charge is -2.33. The number of aromatic nitrogens is 3. The summed E-state index contributed by atoms with van der Waals surface area (Å²) in [4.78, 5) is 14.0. The van der Waals surface area contributed by atoms with Crippen LogP contribution >= 0.6 is 0 Å². The number of hydrogen-bond acceptors (Lipinski definition) is 5. The number of anilines is 2. The van der Waals surface area contributed by atoms with Gasteiger partial charge in [0.1, 0.15) is 0 Å². The topological polar surface area (TPSA) is 62.7 Å². The number of piperazine rings is 1. The Morgan fingerprint density at radius 3 is 2.76 bits per heavy atom. The first-order valence-electron chi connectivity index (χ1n) is 7.18. The number of imidazole rings is 1. The molecule has 0 bridgehead atoms. The van der Waals surface area contributed by atoms with E-state index in [0.717, 1.165) is 54.4 Å². The van der Waals surface area contributed by atoms with Gasteiger partial charge in [-0.05, 0) is 25.2 Å². The van der Waals surface area contributed by atoms with E-state index < -0.39 is 0 Å². The van der Waals surface area contributed by atoms with Crippen molar-refractivity contribution in [2.45, 2.75) is 0 Å². The van der Waals surface area contributed by atoms with Crippen LogP contribution in [0.2, 0.25) is 0 Å². The molecule has 0 saturated carbocycles. The maximum atomic E-state index is 5.90. The van der Waals surface area contributed by atoms with Crippen molar-refractivity contribution in [3.63, 3.8) is 0 Å². The van der Waals surface area contributed by atoms with Gasteiger partial charge in [-0.2, -0.15) is 0 Å². The molecular weight excluding hydrogens is 264 g/mol. The minimum atomic E-state index is 0.742. The maximum absolute atomic E-state index is 5.90. The van der Waals surface area contributed by atoms with Crippen LogP contribution in [0.1, 0.15) is 0 Å². The molecule has 0 atom stereocenters. The number of benzene rings is 1. The fourth-order valence-electron chi connectivity index (χ4n) is 2.89. The molecule has 3 aromatic rings. The largest absolute Gasteiger partial charge is 0.399 e. The molecule has 108 valence electrons. The Bertz CT molecular complexity index is 800. The summed E-state index contributed by atoms with van der Waals surface area (Å²) in [6, 6.07) is 5.82. The van der Waals surface area contributed by atoms with Crippen LogP contribution in [-0.4, -0.2) is 52.5 Å². The van der Waals surface area contributed by atoms with Crippen LogP contribution in [-0.2, 0) is 0 Å². The summed E-state index contributed by atoms with van der Waals surface area (Å²) >= 11 is 0. The zero-order valence-electron chi connectivity index (χ0n) is 12.0. The van der Waals surface area contributed by atoms with Gasteiger partial charge in [-0.1, -0.05) is 0 Å². The molecule has 3 heterocycles. The standard InChI is InChI=1S/C15H18N6/c1-19-6-8-20(9-7-19)15-14-17-4-5-21(14)13-10-11(16)2-3-12(13)18-15/h2-5,10H,6-9,16H2,1H3. The molecule has 1 aliphatic heterocycles. The summed E-state index contributed by atoms with van der Waals surface area (Å²) < 4.78 is 2.08. The van der Waals surface area contributed by atoms with Crippen LogP contribution in [0.3, 0.4) is 0 Å². The molecule has 1 aromatic carbocycles. The average Bonchev–Trinajstić information content (AvgIpc) is 2.97. The van der Waals surface area contributed by atoms with Gasteiger partial charge in [0.05, 0.1) is 11.0 Å². The van der Waals surface area contributed by atoms with Crippen LogP contribution in [0, 0.1) is 0 Å². The Balaban J connectivity index is 1.91. The Morgan fingerprint density at radius 1 is 1.14 bits per heavy atom. The fraction of sp³-hybridized carbons (Fsp3) is 0.333. The van der Waals surface area contributed by atoms with E-state index in [0.29, 0.717) is 0 Å². The smallest absolute Gasteiger partial charge is 0.180 e. The van der Waals surface area contributed by atoms with Gasteiger partial charge in [0.2, 0.25) is 0 Å². The molecule has 0 spiro atoms. The van der Waals surface area contributed by atoms with E-state index in [1.165, 1.54) is 0 Å². The molecule has 2 aromatic heterocycles. The van der Waals surface area contributed by atoms with E-state index >= 15 is 0 Å². The summed E-state index contributed by atoms with van der Waals surface area (Å²) in [5, 5.41) is 0. The maximum Gasteiger partial charge on any atom is 0.180 e. The SMILES string of the molecule is CN1CCN(c2nc3ccc(N)cc3n3ccnc23)CC1. The highest BCUT2D eigenvalue weighted by Gasteiger charge is 2.19. The second-order valence-corrected chi connectivity index (χ2v) is 5.59. The van der Waals surface area contributed by atoms with Crippen molar-refractivity contribution in [2.24, 2.45) is 0 Å². The molecule has 0 radical (unpaired) electrons. The quantitative estimate of drug-likeness (QED) is 0.680. The normalized spacial score (nSPS) is 16.9. The highest BCUT2D eigenvalue weighted by molar-refractivity contribution is 5.85. The molecule has 1 fully saturated rings. The van der Waals surface area contributed by atoms with E-state index in [-0.39, 0.29) is 0 Å². The highest BCUT2D eigenvalue weighted by atomic mass is 15.3.